The van der Waals surface area contributed by atoms with E-state index >= 15 is 0 Å². The first-order valence-corrected chi connectivity index (χ1v) is 11.1. The van der Waals surface area contributed by atoms with Crippen LogP contribution in [0.2, 0.25) is 0 Å². The molecule has 1 heterocycles. The van der Waals surface area contributed by atoms with Gasteiger partial charge in [-0.2, -0.15) is 0 Å². The third-order valence-electron chi connectivity index (χ3n) is 6.54. The van der Waals surface area contributed by atoms with Crippen molar-refractivity contribution >= 4 is 0 Å². The van der Waals surface area contributed by atoms with Crippen molar-refractivity contribution in [1.82, 2.24) is 0 Å². The molecule has 1 aliphatic rings. The molecule has 162 valence electrons. The molecule has 0 bridgehead atoms. The van der Waals surface area contributed by atoms with Crippen LogP contribution in [0.15, 0.2) is 54.6 Å². The lowest BCUT2D eigenvalue weighted by molar-refractivity contribution is 0.416. The lowest BCUT2D eigenvalue weighted by Gasteiger charge is -2.38. The van der Waals surface area contributed by atoms with Crippen molar-refractivity contribution in [2.45, 2.75) is 71.6 Å². The first kappa shape index (κ1) is 21.5. The third kappa shape index (κ3) is 3.73. The van der Waals surface area contributed by atoms with Crippen LogP contribution in [-0.4, -0.2) is 5.11 Å². The molecule has 3 aromatic carbocycles. The van der Waals surface area contributed by atoms with Crippen molar-refractivity contribution in [3.05, 3.63) is 76.9 Å². The molecular formula is C29H34O2. The fourth-order valence-corrected chi connectivity index (χ4v) is 4.32. The molecule has 0 amide bonds. The Morgan fingerprint density at radius 1 is 0.710 bits per heavy atom. The number of hydrogen-bond donors (Lipinski definition) is 1. The molecule has 0 saturated heterocycles. The topological polar surface area (TPSA) is 29.5 Å². The Kier molecular flexibility index (Phi) is 4.77. The summed E-state index contributed by atoms with van der Waals surface area (Å²) >= 11 is 0. The minimum atomic E-state index is -0.197. The van der Waals surface area contributed by atoms with Crippen molar-refractivity contribution in [3.63, 3.8) is 0 Å². The first-order valence-electron chi connectivity index (χ1n) is 11.1. The predicted octanol–water partition coefficient (Wildman–Crippen LogP) is 8.09. The minimum absolute atomic E-state index is 0.00428. The predicted molar refractivity (Wildman–Crippen MR) is 130 cm³/mol. The maximum atomic E-state index is 9.80. The van der Waals surface area contributed by atoms with Crippen molar-refractivity contribution < 1.29 is 9.84 Å². The number of fused-ring (bicyclic) bond motifs is 2. The Labute approximate surface area is 186 Å². The Balaban J connectivity index is 1.99. The summed E-state index contributed by atoms with van der Waals surface area (Å²) in [6.45, 7) is 18.1. The Morgan fingerprint density at radius 3 is 1.87 bits per heavy atom. The van der Waals surface area contributed by atoms with Crippen LogP contribution in [0.4, 0.5) is 0 Å². The monoisotopic (exact) mass is 414 g/mol. The molecule has 1 aliphatic heterocycles. The highest BCUT2D eigenvalue weighted by atomic mass is 16.5. The Hall–Kier alpha value is -2.74. The summed E-state index contributed by atoms with van der Waals surface area (Å²) in [6.07, 6.45) is 0. The lowest BCUT2D eigenvalue weighted by Crippen LogP contribution is -2.27. The van der Waals surface area contributed by atoms with Crippen LogP contribution in [-0.2, 0) is 16.2 Å². The molecule has 0 atom stereocenters. The number of phenolic OH excluding ortho intramolecular Hbond substituents is 1. The van der Waals surface area contributed by atoms with Gasteiger partial charge in [0.15, 0.2) is 0 Å². The standard InChI is InChI=1S/C29H34O2/c1-27(2,3)19-11-14-25-23(16-19)29(7,8)24-17-20(28(4,5)6)15-22(26(24)31-25)18-9-12-21(30)13-10-18/h9-17,30H,1-8H3. The lowest BCUT2D eigenvalue weighted by atomic mass is 9.71. The van der Waals surface area contributed by atoms with Gasteiger partial charge in [-0.3, -0.25) is 0 Å². The molecule has 0 aromatic heterocycles. The quantitative estimate of drug-likeness (QED) is 0.436. The normalized spacial score (nSPS) is 15.1. The largest absolute Gasteiger partial charge is 0.508 e. The molecule has 4 rings (SSSR count). The van der Waals surface area contributed by atoms with Gasteiger partial charge in [-0.05, 0) is 51.8 Å². The van der Waals surface area contributed by atoms with Crippen LogP contribution in [0.3, 0.4) is 0 Å². The minimum Gasteiger partial charge on any atom is -0.508 e. The van der Waals surface area contributed by atoms with Crippen molar-refractivity contribution in [2.75, 3.05) is 0 Å². The van der Waals surface area contributed by atoms with Crippen molar-refractivity contribution in [2.24, 2.45) is 0 Å². The zero-order valence-electron chi connectivity index (χ0n) is 20.1. The zero-order valence-corrected chi connectivity index (χ0v) is 20.1. The van der Waals surface area contributed by atoms with E-state index in [1.54, 1.807) is 12.1 Å². The summed E-state index contributed by atoms with van der Waals surface area (Å²) in [5.41, 5.74) is 7.04. The molecule has 2 heteroatoms. The number of hydrogen-bond acceptors (Lipinski definition) is 2. The molecule has 0 radical (unpaired) electrons. The van der Waals surface area contributed by atoms with Crippen molar-refractivity contribution in [1.29, 1.82) is 0 Å². The molecular weight excluding hydrogens is 380 g/mol. The Bertz CT molecular complexity index is 1140. The van der Waals surface area contributed by atoms with E-state index < -0.39 is 0 Å². The summed E-state index contributed by atoms with van der Waals surface area (Å²) in [5.74, 6) is 2.11. The Morgan fingerprint density at radius 2 is 1.29 bits per heavy atom. The number of ether oxygens (including phenoxy) is 1. The SMILES string of the molecule is CC(C)(C)c1ccc2c(c1)C(C)(C)c1cc(C(C)(C)C)cc(-c3ccc(O)cc3)c1O2. The van der Waals surface area contributed by atoms with Gasteiger partial charge in [0.2, 0.25) is 0 Å². The third-order valence-corrected chi connectivity index (χ3v) is 6.54. The van der Waals surface area contributed by atoms with Crippen LogP contribution in [0.1, 0.15) is 77.6 Å². The molecule has 0 aliphatic carbocycles. The highest BCUT2D eigenvalue weighted by Gasteiger charge is 2.37. The molecule has 1 N–H and O–H groups in total. The second-order valence-electron chi connectivity index (χ2n) is 11.4. The van der Waals surface area contributed by atoms with Gasteiger partial charge >= 0.3 is 0 Å². The van der Waals surface area contributed by atoms with Gasteiger partial charge < -0.3 is 9.84 Å². The van der Waals surface area contributed by atoms with Gasteiger partial charge in [-0.15, -0.1) is 0 Å². The average Bonchev–Trinajstić information content (AvgIpc) is 2.66. The molecule has 0 spiro atoms. The van der Waals surface area contributed by atoms with E-state index in [2.05, 4.69) is 85.7 Å². The molecule has 3 aromatic rings. The van der Waals surface area contributed by atoms with E-state index in [1.165, 1.54) is 22.3 Å². The van der Waals surface area contributed by atoms with Crippen LogP contribution >= 0.6 is 0 Å². The van der Waals surface area contributed by atoms with Crippen LogP contribution in [0.25, 0.3) is 11.1 Å². The van der Waals surface area contributed by atoms with E-state index in [-0.39, 0.29) is 22.0 Å². The fraction of sp³-hybridized carbons (Fsp3) is 0.379. The summed E-state index contributed by atoms with van der Waals surface area (Å²) < 4.78 is 6.60. The van der Waals surface area contributed by atoms with Gasteiger partial charge in [0, 0.05) is 22.1 Å². The maximum absolute atomic E-state index is 9.80. The summed E-state index contributed by atoms with van der Waals surface area (Å²) in [7, 11) is 0. The summed E-state index contributed by atoms with van der Waals surface area (Å²) in [6, 6.07) is 18.6. The summed E-state index contributed by atoms with van der Waals surface area (Å²) in [4.78, 5) is 0. The second-order valence-corrected chi connectivity index (χ2v) is 11.4. The van der Waals surface area contributed by atoms with E-state index in [0.29, 0.717) is 0 Å². The average molecular weight is 415 g/mol. The molecule has 2 nitrogen and oxygen atoms in total. The van der Waals surface area contributed by atoms with E-state index in [1.807, 2.05) is 12.1 Å². The van der Waals surface area contributed by atoms with Gasteiger partial charge in [0.25, 0.3) is 0 Å². The molecule has 0 fully saturated rings. The van der Waals surface area contributed by atoms with E-state index in [4.69, 9.17) is 4.74 Å². The molecule has 0 saturated carbocycles. The zero-order chi connectivity index (χ0) is 22.8. The number of benzene rings is 3. The molecule has 0 unspecified atom stereocenters. The van der Waals surface area contributed by atoms with Gasteiger partial charge in [0.1, 0.15) is 17.2 Å². The maximum Gasteiger partial charge on any atom is 0.139 e. The van der Waals surface area contributed by atoms with Crippen LogP contribution < -0.4 is 4.74 Å². The first-order chi connectivity index (χ1) is 14.3. The van der Waals surface area contributed by atoms with Crippen LogP contribution in [0.5, 0.6) is 17.2 Å². The number of phenols is 1. The van der Waals surface area contributed by atoms with Gasteiger partial charge in [-0.25, -0.2) is 0 Å². The van der Waals surface area contributed by atoms with Crippen LogP contribution in [0, 0.1) is 0 Å². The molecule has 31 heavy (non-hydrogen) atoms. The highest BCUT2D eigenvalue weighted by Crippen LogP contribution is 2.53. The number of rotatable bonds is 1. The van der Waals surface area contributed by atoms with E-state index in [0.717, 1.165) is 22.6 Å². The smallest absolute Gasteiger partial charge is 0.139 e. The van der Waals surface area contributed by atoms with Crippen molar-refractivity contribution in [3.8, 4) is 28.4 Å². The number of aromatic hydroxyl groups is 1. The van der Waals surface area contributed by atoms with Gasteiger partial charge in [-0.1, -0.05) is 85.7 Å². The van der Waals surface area contributed by atoms with E-state index in [9.17, 15) is 5.11 Å². The van der Waals surface area contributed by atoms with Gasteiger partial charge in [0.05, 0.1) is 0 Å². The summed E-state index contributed by atoms with van der Waals surface area (Å²) in [5, 5.41) is 9.80. The fourth-order valence-electron chi connectivity index (χ4n) is 4.32. The highest BCUT2D eigenvalue weighted by molar-refractivity contribution is 5.77. The second kappa shape index (κ2) is 6.88.